The van der Waals surface area contributed by atoms with Crippen molar-refractivity contribution in [1.29, 1.82) is 0 Å². The first-order valence-electron chi connectivity index (χ1n) is 7.14. The van der Waals surface area contributed by atoms with E-state index in [0.29, 0.717) is 4.21 Å². The number of benzene rings is 1. The lowest BCUT2D eigenvalue weighted by atomic mass is 10.2. The van der Waals surface area contributed by atoms with Gasteiger partial charge in [-0.2, -0.15) is 0 Å². The lowest BCUT2D eigenvalue weighted by molar-refractivity contribution is 0.414. The molecule has 0 aliphatic rings. The molecule has 4 nitrogen and oxygen atoms in total. The molecule has 1 aromatic carbocycles. The number of rotatable bonds is 5. The second-order valence-corrected chi connectivity index (χ2v) is 9.21. The summed E-state index contributed by atoms with van der Waals surface area (Å²) in [5, 5.41) is 1.22. The first-order valence-corrected chi connectivity index (χ1v) is 9.81. The monoisotopic (exact) mass is 368 g/mol. The molecule has 0 saturated heterocycles. The minimum Gasteiger partial charge on any atom is -0.353 e. The Morgan fingerprint density at radius 2 is 2.00 bits per heavy atom. The van der Waals surface area contributed by atoms with Gasteiger partial charge in [-0.25, -0.2) is 8.42 Å². The normalized spacial score (nSPS) is 12.3. The number of thiophene rings is 1. The predicted molar refractivity (Wildman–Crippen MR) is 95.3 cm³/mol. The van der Waals surface area contributed by atoms with Crippen molar-refractivity contribution in [3.63, 3.8) is 0 Å². The van der Waals surface area contributed by atoms with E-state index in [1.165, 1.54) is 11.3 Å². The Bertz CT molecular complexity index is 942. The first kappa shape index (κ1) is 16.5. The predicted octanol–water partition coefficient (Wildman–Crippen LogP) is 3.82. The lowest BCUT2D eigenvalue weighted by Gasteiger charge is -2.07. The number of halogens is 1. The van der Waals surface area contributed by atoms with Gasteiger partial charge in [0.05, 0.1) is 9.92 Å². The van der Waals surface area contributed by atoms with E-state index in [1.54, 1.807) is 30.3 Å². The van der Waals surface area contributed by atoms with Crippen molar-refractivity contribution in [3.8, 4) is 0 Å². The highest BCUT2D eigenvalue weighted by molar-refractivity contribution is 7.93. The molecular formula is C16H17ClN2O2S2. The molecule has 0 atom stereocenters. The van der Waals surface area contributed by atoms with Crippen molar-refractivity contribution < 1.29 is 8.42 Å². The highest BCUT2D eigenvalue weighted by Gasteiger charge is 2.24. The average molecular weight is 369 g/mol. The van der Waals surface area contributed by atoms with Crippen molar-refractivity contribution in [2.75, 3.05) is 20.6 Å². The highest BCUT2D eigenvalue weighted by Crippen LogP contribution is 2.36. The zero-order valence-corrected chi connectivity index (χ0v) is 15.2. The molecule has 2 aromatic heterocycles. The molecule has 0 bridgehead atoms. The number of aromatic nitrogens is 1. The molecule has 0 aliphatic carbocycles. The van der Waals surface area contributed by atoms with Gasteiger partial charge in [-0.15, -0.1) is 11.3 Å². The van der Waals surface area contributed by atoms with Gasteiger partial charge in [-0.1, -0.05) is 23.7 Å². The Labute approximate surface area is 144 Å². The third kappa shape index (κ3) is 3.17. The van der Waals surface area contributed by atoms with Gasteiger partial charge in [0.1, 0.15) is 9.04 Å². The van der Waals surface area contributed by atoms with Crippen LogP contribution in [0.3, 0.4) is 0 Å². The molecule has 1 N–H and O–H groups in total. The number of nitrogens with one attached hydrogen (secondary N) is 1. The third-order valence-corrected chi connectivity index (χ3v) is 7.45. The van der Waals surface area contributed by atoms with Crippen LogP contribution in [0.15, 0.2) is 45.6 Å². The van der Waals surface area contributed by atoms with Crippen LogP contribution < -0.4 is 0 Å². The van der Waals surface area contributed by atoms with Crippen LogP contribution in [0.25, 0.3) is 10.2 Å². The van der Waals surface area contributed by atoms with Crippen LogP contribution in [0, 0.1) is 0 Å². The van der Waals surface area contributed by atoms with E-state index in [1.807, 2.05) is 20.3 Å². The van der Waals surface area contributed by atoms with Crippen molar-refractivity contribution in [2.45, 2.75) is 15.5 Å². The average Bonchev–Trinajstić information content (AvgIpc) is 3.06. The molecule has 0 unspecified atom stereocenters. The van der Waals surface area contributed by atoms with Crippen LogP contribution in [0.2, 0.25) is 5.02 Å². The second-order valence-electron chi connectivity index (χ2n) is 5.61. The Balaban J connectivity index is 2.02. The van der Waals surface area contributed by atoms with E-state index in [2.05, 4.69) is 9.88 Å². The SMILES string of the molecule is CN(C)CCc1c[nH]c2sc(S(=O)(=O)c3ccccc3Cl)cc12. The van der Waals surface area contributed by atoms with E-state index >= 15 is 0 Å². The molecule has 0 aliphatic heterocycles. The largest absolute Gasteiger partial charge is 0.353 e. The number of fused-ring (bicyclic) bond motifs is 1. The molecule has 0 amide bonds. The molecule has 23 heavy (non-hydrogen) atoms. The standard InChI is InChI=1S/C16H17ClN2O2S2/c1-19(2)8-7-11-10-18-16-12(11)9-15(22-16)23(20,21)14-6-4-3-5-13(14)17/h3-6,9-10,18H,7-8H2,1-2H3. The van der Waals surface area contributed by atoms with Crippen molar-refractivity contribution in [3.05, 3.63) is 47.1 Å². The summed E-state index contributed by atoms with van der Waals surface area (Å²) in [5.74, 6) is 0. The van der Waals surface area contributed by atoms with Gasteiger partial charge < -0.3 is 9.88 Å². The minimum atomic E-state index is -3.59. The number of nitrogens with zero attached hydrogens (tertiary/aromatic N) is 1. The van der Waals surface area contributed by atoms with Crippen LogP contribution >= 0.6 is 22.9 Å². The van der Waals surface area contributed by atoms with Crippen LogP contribution in [0.5, 0.6) is 0 Å². The fourth-order valence-electron chi connectivity index (χ4n) is 2.40. The van der Waals surface area contributed by atoms with Crippen LogP contribution in [-0.4, -0.2) is 38.9 Å². The maximum Gasteiger partial charge on any atom is 0.217 e. The van der Waals surface area contributed by atoms with Crippen molar-refractivity contribution in [1.82, 2.24) is 9.88 Å². The molecule has 0 saturated carbocycles. The summed E-state index contributed by atoms with van der Waals surface area (Å²) < 4.78 is 25.9. The molecule has 3 aromatic rings. The minimum absolute atomic E-state index is 0.153. The quantitative estimate of drug-likeness (QED) is 0.744. The van der Waals surface area contributed by atoms with Gasteiger partial charge >= 0.3 is 0 Å². The molecule has 0 radical (unpaired) electrons. The maximum absolute atomic E-state index is 12.8. The maximum atomic E-state index is 12.8. The Morgan fingerprint density at radius 3 is 2.70 bits per heavy atom. The molecule has 2 heterocycles. The van der Waals surface area contributed by atoms with E-state index in [9.17, 15) is 8.42 Å². The van der Waals surface area contributed by atoms with E-state index in [0.717, 1.165) is 28.7 Å². The Morgan fingerprint density at radius 1 is 1.26 bits per heavy atom. The smallest absolute Gasteiger partial charge is 0.217 e. The third-order valence-electron chi connectivity index (χ3n) is 3.65. The number of hydrogen-bond acceptors (Lipinski definition) is 4. The topological polar surface area (TPSA) is 53.2 Å². The Kier molecular flexibility index (Phi) is 4.51. The zero-order chi connectivity index (χ0) is 16.6. The summed E-state index contributed by atoms with van der Waals surface area (Å²) in [6, 6.07) is 8.29. The molecule has 3 rings (SSSR count). The van der Waals surface area contributed by atoms with Gasteiger partial charge in [-0.3, -0.25) is 0 Å². The lowest BCUT2D eigenvalue weighted by Crippen LogP contribution is -2.14. The van der Waals surface area contributed by atoms with Crippen LogP contribution in [0.4, 0.5) is 0 Å². The molecular weight excluding hydrogens is 352 g/mol. The van der Waals surface area contributed by atoms with E-state index < -0.39 is 9.84 Å². The summed E-state index contributed by atoms with van der Waals surface area (Å²) in [6.45, 7) is 0.912. The summed E-state index contributed by atoms with van der Waals surface area (Å²) in [7, 11) is 0.444. The second kappa shape index (κ2) is 6.28. The fourth-order valence-corrected chi connectivity index (χ4v) is 5.67. The number of hydrogen-bond donors (Lipinski definition) is 1. The van der Waals surface area contributed by atoms with E-state index in [-0.39, 0.29) is 9.92 Å². The summed E-state index contributed by atoms with van der Waals surface area (Å²) >= 11 is 7.31. The van der Waals surface area contributed by atoms with Gasteiger partial charge in [0.15, 0.2) is 0 Å². The first-order chi connectivity index (χ1) is 10.9. The zero-order valence-electron chi connectivity index (χ0n) is 12.8. The summed E-state index contributed by atoms with van der Waals surface area (Å²) in [5.41, 5.74) is 1.13. The van der Waals surface area contributed by atoms with Crippen LogP contribution in [0.1, 0.15) is 5.56 Å². The molecule has 0 spiro atoms. The number of aromatic amines is 1. The van der Waals surface area contributed by atoms with Gasteiger partial charge in [0.2, 0.25) is 9.84 Å². The number of sulfone groups is 1. The van der Waals surface area contributed by atoms with Crippen molar-refractivity contribution >= 4 is 43.0 Å². The summed E-state index contributed by atoms with van der Waals surface area (Å²) in [6.07, 6.45) is 2.83. The van der Waals surface area contributed by atoms with Gasteiger partial charge in [-0.05, 0) is 44.3 Å². The fraction of sp³-hybridized carbons (Fsp3) is 0.250. The highest BCUT2D eigenvalue weighted by atomic mass is 35.5. The summed E-state index contributed by atoms with van der Waals surface area (Å²) in [4.78, 5) is 6.31. The molecule has 122 valence electrons. The van der Waals surface area contributed by atoms with Crippen molar-refractivity contribution in [2.24, 2.45) is 0 Å². The number of H-pyrrole nitrogens is 1. The van der Waals surface area contributed by atoms with E-state index in [4.69, 9.17) is 11.6 Å². The Hall–Kier alpha value is -1.34. The molecule has 7 heteroatoms. The number of likely N-dealkylation sites (N-methyl/N-ethyl adjacent to an activating group) is 1. The van der Waals surface area contributed by atoms with Gasteiger partial charge in [0.25, 0.3) is 0 Å². The molecule has 0 fully saturated rings. The van der Waals surface area contributed by atoms with Crippen LogP contribution in [-0.2, 0) is 16.3 Å². The van der Waals surface area contributed by atoms with Gasteiger partial charge in [0, 0.05) is 18.1 Å².